The van der Waals surface area contributed by atoms with Crippen LogP contribution in [0.15, 0.2) is 23.1 Å². The standard InChI is InChI=1S/C11H13Cl2NO3S/c1-8-7-14(4-5-17-8)18(15,16)9-2-3-10(12)11(13)6-9/h2-3,6,8H,4-5,7H2,1H3. The van der Waals surface area contributed by atoms with Crippen molar-refractivity contribution in [3.63, 3.8) is 0 Å². The second kappa shape index (κ2) is 5.35. The number of rotatable bonds is 2. The molecular weight excluding hydrogens is 297 g/mol. The van der Waals surface area contributed by atoms with Crippen LogP contribution in [-0.2, 0) is 14.8 Å². The van der Waals surface area contributed by atoms with Crippen molar-refractivity contribution in [3.8, 4) is 0 Å². The van der Waals surface area contributed by atoms with Crippen LogP contribution in [0.2, 0.25) is 10.0 Å². The molecule has 100 valence electrons. The Bertz CT molecular complexity index is 547. The molecule has 4 nitrogen and oxygen atoms in total. The van der Waals surface area contributed by atoms with Gasteiger partial charge >= 0.3 is 0 Å². The van der Waals surface area contributed by atoms with Crippen molar-refractivity contribution >= 4 is 33.2 Å². The largest absolute Gasteiger partial charge is 0.376 e. The van der Waals surface area contributed by atoms with Crippen LogP contribution < -0.4 is 0 Å². The molecule has 1 atom stereocenters. The van der Waals surface area contributed by atoms with Gasteiger partial charge in [-0.3, -0.25) is 0 Å². The van der Waals surface area contributed by atoms with Crippen molar-refractivity contribution in [2.75, 3.05) is 19.7 Å². The summed E-state index contributed by atoms with van der Waals surface area (Å²) in [6, 6.07) is 4.32. The molecule has 1 heterocycles. The number of nitrogens with zero attached hydrogens (tertiary/aromatic N) is 1. The van der Waals surface area contributed by atoms with E-state index in [1.165, 1.54) is 22.5 Å². The van der Waals surface area contributed by atoms with E-state index in [9.17, 15) is 8.42 Å². The summed E-state index contributed by atoms with van der Waals surface area (Å²) >= 11 is 11.6. The molecule has 1 aromatic rings. The number of ether oxygens (including phenoxy) is 1. The van der Waals surface area contributed by atoms with Crippen molar-refractivity contribution in [1.29, 1.82) is 0 Å². The molecule has 1 saturated heterocycles. The quantitative estimate of drug-likeness (QED) is 0.843. The minimum absolute atomic E-state index is 0.101. The fourth-order valence-corrected chi connectivity index (χ4v) is 3.68. The first kappa shape index (κ1) is 14.1. The Morgan fingerprint density at radius 1 is 1.33 bits per heavy atom. The van der Waals surface area contributed by atoms with Gasteiger partial charge in [0.05, 0.1) is 27.7 Å². The molecule has 0 aromatic heterocycles. The van der Waals surface area contributed by atoms with Crippen LogP contribution in [0.4, 0.5) is 0 Å². The summed E-state index contributed by atoms with van der Waals surface area (Å²) in [6.07, 6.45) is -0.101. The molecule has 1 aliphatic heterocycles. The summed E-state index contributed by atoms with van der Waals surface area (Å²) in [6.45, 7) is 2.95. The number of hydrogen-bond donors (Lipinski definition) is 0. The number of halogens is 2. The van der Waals surface area contributed by atoms with Crippen LogP contribution in [0.5, 0.6) is 0 Å². The maximum atomic E-state index is 12.4. The minimum atomic E-state index is -3.52. The maximum Gasteiger partial charge on any atom is 0.243 e. The maximum absolute atomic E-state index is 12.4. The van der Waals surface area contributed by atoms with E-state index in [1.54, 1.807) is 0 Å². The highest BCUT2D eigenvalue weighted by Crippen LogP contribution is 2.27. The van der Waals surface area contributed by atoms with Gasteiger partial charge in [0.1, 0.15) is 0 Å². The van der Waals surface area contributed by atoms with Crippen LogP contribution in [-0.4, -0.2) is 38.5 Å². The zero-order valence-electron chi connectivity index (χ0n) is 9.77. The molecule has 0 N–H and O–H groups in total. The second-order valence-electron chi connectivity index (χ2n) is 4.12. The van der Waals surface area contributed by atoms with Gasteiger partial charge in [0.25, 0.3) is 0 Å². The Morgan fingerprint density at radius 2 is 2.06 bits per heavy atom. The van der Waals surface area contributed by atoms with Crippen LogP contribution >= 0.6 is 23.2 Å². The van der Waals surface area contributed by atoms with Gasteiger partial charge in [-0.25, -0.2) is 8.42 Å². The topological polar surface area (TPSA) is 46.6 Å². The molecule has 0 amide bonds. The van der Waals surface area contributed by atoms with E-state index < -0.39 is 10.0 Å². The Balaban J connectivity index is 2.32. The fraction of sp³-hybridized carbons (Fsp3) is 0.455. The lowest BCUT2D eigenvalue weighted by molar-refractivity contribution is 0.0102. The Morgan fingerprint density at radius 3 is 2.67 bits per heavy atom. The molecule has 1 aromatic carbocycles. The first-order chi connectivity index (χ1) is 8.41. The average molecular weight is 310 g/mol. The average Bonchev–Trinajstić information content (AvgIpc) is 2.32. The number of hydrogen-bond acceptors (Lipinski definition) is 3. The summed E-state index contributed by atoms with van der Waals surface area (Å²) in [5.41, 5.74) is 0. The summed E-state index contributed by atoms with van der Waals surface area (Å²) in [7, 11) is -3.52. The molecule has 0 radical (unpaired) electrons. The normalized spacial score (nSPS) is 22.1. The summed E-state index contributed by atoms with van der Waals surface area (Å²) in [5, 5.41) is 0.574. The van der Waals surface area contributed by atoms with E-state index in [4.69, 9.17) is 27.9 Å². The second-order valence-corrected chi connectivity index (χ2v) is 6.87. The van der Waals surface area contributed by atoms with Gasteiger partial charge in [-0.05, 0) is 25.1 Å². The molecule has 0 aliphatic carbocycles. The Kier molecular flexibility index (Phi) is 4.18. The smallest absolute Gasteiger partial charge is 0.243 e. The molecule has 0 spiro atoms. The summed E-state index contributed by atoms with van der Waals surface area (Å²) in [5.74, 6) is 0. The molecule has 1 aliphatic rings. The van der Waals surface area contributed by atoms with Gasteiger partial charge in [-0.1, -0.05) is 23.2 Å². The van der Waals surface area contributed by atoms with Crippen LogP contribution in [0.25, 0.3) is 0 Å². The van der Waals surface area contributed by atoms with E-state index in [1.807, 2.05) is 6.92 Å². The fourth-order valence-electron chi connectivity index (χ4n) is 1.79. The Hall–Kier alpha value is -0.330. The van der Waals surface area contributed by atoms with E-state index >= 15 is 0 Å². The van der Waals surface area contributed by atoms with Crippen LogP contribution in [0.1, 0.15) is 6.92 Å². The van der Waals surface area contributed by atoms with E-state index in [-0.39, 0.29) is 16.0 Å². The van der Waals surface area contributed by atoms with E-state index in [0.717, 1.165) is 0 Å². The molecule has 7 heteroatoms. The predicted molar refractivity (Wildman–Crippen MR) is 70.6 cm³/mol. The van der Waals surface area contributed by atoms with Gasteiger partial charge < -0.3 is 4.74 Å². The van der Waals surface area contributed by atoms with Gasteiger partial charge in [0.15, 0.2) is 0 Å². The lowest BCUT2D eigenvalue weighted by Crippen LogP contribution is -2.44. The molecule has 1 unspecified atom stereocenters. The third-order valence-corrected chi connectivity index (χ3v) is 5.33. The van der Waals surface area contributed by atoms with Gasteiger partial charge in [0.2, 0.25) is 10.0 Å². The first-order valence-corrected chi connectivity index (χ1v) is 7.67. The lowest BCUT2D eigenvalue weighted by Gasteiger charge is -2.30. The minimum Gasteiger partial charge on any atom is -0.376 e. The molecule has 18 heavy (non-hydrogen) atoms. The van der Waals surface area contributed by atoms with Crippen LogP contribution in [0.3, 0.4) is 0 Å². The van der Waals surface area contributed by atoms with Crippen molar-refractivity contribution in [1.82, 2.24) is 4.31 Å². The zero-order chi connectivity index (χ0) is 13.3. The highest BCUT2D eigenvalue weighted by atomic mass is 35.5. The first-order valence-electron chi connectivity index (χ1n) is 5.48. The Labute approximate surface area is 116 Å². The zero-order valence-corrected chi connectivity index (χ0v) is 12.1. The van der Waals surface area contributed by atoms with Gasteiger partial charge in [-0.2, -0.15) is 4.31 Å². The van der Waals surface area contributed by atoms with E-state index in [2.05, 4.69) is 0 Å². The van der Waals surface area contributed by atoms with Gasteiger partial charge in [0, 0.05) is 13.1 Å². The number of sulfonamides is 1. The third kappa shape index (κ3) is 2.81. The monoisotopic (exact) mass is 309 g/mol. The van der Waals surface area contributed by atoms with E-state index in [0.29, 0.717) is 24.7 Å². The van der Waals surface area contributed by atoms with Crippen molar-refractivity contribution < 1.29 is 13.2 Å². The molecular formula is C11H13Cl2NO3S. The van der Waals surface area contributed by atoms with Crippen molar-refractivity contribution in [2.24, 2.45) is 0 Å². The summed E-state index contributed by atoms with van der Waals surface area (Å²) < 4.78 is 31.5. The summed E-state index contributed by atoms with van der Waals surface area (Å²) in [4.78, 5) is 0.158. The predicted octanol–water partition coefficient (Wildman–Crippen LogP) is 2.40. The highest BCUT2D eigenvalue weighted by Gasteiger charge is 2.29. The van der Waals surface area contributed by atoms with Crippen LogP contribution in [0, 0.1) is 0 Å². The van der Waals surface area contributed by atoms with Crippen molar-refractivity contribution in [3.05, 3.63) is 28.2 Å². The molecule has 1 fully saturated rings. The highest BCUT2D eigenvalue weighted by molar-refractivity contribution is 7.89. The SMILES string of the molecule is CC1CN(S(=O)(=O)c2ccc(Cl)c(Cl)c2)CCO1. The third-order valence-electron chi connectivity index (χ3n) is 2.73. The lowest BCUT2D eigenvalue weighted by atomic mass is 10.3. The molecule has 2 rings (SSSR count). The van der Waals surface area contributed by atoms with Crippen molar-refractivity contribution in [2.45, 2.75) is 17.9 Å². The van der Waals surface area contributed by atoms with Gasteiger partial charge in [-0.15, -0.1) is 0 Å². The molecule has 0 bridgehead atoms. The molecule has 0 saturated carbocycles. The number of benzene rings is 1. The number of morpholine rings is 1.